The van der Waals surface area contributed by atoms with E-state index < -0.39 is 11.6 Å². The van der Waals surface area contributed by atoms with E-state index in [0.717, 1.165) is 11.8 Å². The highest BCUT2D eigenvalue weighted by Gasteiger charge is 2.22. The first kappa shape index (κ1) is 20.5. The van der Waals surface area contributed by atoms with E-state index in [1.54, 1.807) is 6.20 Å². The third-order valence-corrected chi connectivity index (χ3v) is 4.89. The Morgan fingerprint density at radius 1 is 1.29 bits per heavy atom. The van der Waals surface area contributed by atoms with Gasteiger partial charge >= 0.3 is 0 Å². The topological polar surface area (TPSA) is 97.2 Å². The van der Waals surface area contributed by atoms with Gasteiger partial charge in [0.1, 0.15) is 17.3 Å². The summed E-state index contributed by atoms with van der Waals surface area (Å²) in [4.78, 5) is 18.1. The average Bonchev–Trinajstić information content (AvgIpc) is 3.14. The monoisotopic (exact) mass is 429 g/mol. The Hall–Kier alpha value is -3.76. The van der Waals surface area contributed by atoms with Gasteiger partial charge in [0, 0.05) is 24.7 Å². The fourth-order valence-electron chi connectivity index (χ4n) is 3.49. The molecule has 0 atom stereocenters. The molecule has 0 fully saturated rings. The van der Waals surface area contributed by atoms with Crippen LogP contribution < -0.4 is 20.3 Å². The number of likely N-dealkylation sites (N-methyl/N-ethyl adjacent to an activating group) is 1. The smallest absolute Gasteiger partial charge is 0.243 e. The fourth-order valence-corrected chi connectivity index (χ4v) is 3.49. The number of hydrogen-bond acceptors (Lipinski definition) is 7. The van der Waals surface area contributed by atoms with Gasteiger partial charge in [0.15, 0.2) is 11.6 Å². The first-order valence-electron chi connectivity index (χ1n) is 9.51. The van der Waals surface area contributed by atoms with Crippen LogP contribution in [-0.4, -0.2) is 46.6 Å². The van der Waals surface area contributed by atoms with Crippen molar-refractivity contribution >= 4 is 23.1 Å². The zero-order valence-corrected chi connectivity index (χ0v) is 17.2. The quantitative estimate of drug-likeness (QED) is 0.621. The second kappa shape index (κ2) is 8.17. The zero-order chi connectivity index (χ0) is 22.1. The van der Waals surface area contributed by atoms with Crippen molar-refractivity contribution in [2.24, 2.45) is 0 Å². The van der Waals surface area contributed by atoms with Crippen LogP contribution in [0.25, 0.3) is 0 Å². The number of anilines is 3. The van der Waals surface area contributed by atoms with Gasteiger partial charge in [0.05, 0.1) is 50.0 Å². The van der Waals surface area contributed by atoms with E-state index in [-0.39, 0.29) is 24.7 Å². The Morgan fingerprint density at radius 2 is 2.10 bits per heavy atom. The van der Waals surface area contributed by atoms with E-state index in [1.807, 2.05) is 24.9 Å². The van der Waals surface area contributed by atoms with Crippen molar-refractivity contribution in [1.82, 2.24) is 20.0 Å². The number of pyridine rings is 1. The number of methoxy groups -OCH3 is 1. The first-order valence-corrected chi connectivity index (χ1v) is 9.51. The van der Waals surface area contributed by atoms with Crippen LogP contribution in [-0.2, 0) is 17.9 Å². The van der Waals surface area contributed by atoms with E-state index >= 15 is 0 Å². The minimum absolute atomic E-state index is 0.0264. The van der Waals surface area contributed by atoms with Crippen LogP contribution in [0.5, 0.6) is 5.75 Å². The lowest BCUT2D eigenvalue weighted by molar-refractivity contribution is -0.115. The molecule has 0 bridgehead atoms. The highest BCUT2D eigenvalue weighted by Crippen LogP contribution is 2.33. The molecular formula is C20H21F2N7O2. The average molecular weight is 429 g/mol. The number of aromatic nitrogens is 4. The van der Waals surface area contributed by atoms with Gasteiger partial charge < -0.3 is 20.3 Å². The van der Waals surface area contributed by atoms with Gasteiger partial charge in [-0.2, -0.15) is 0 Å². The largest absolute Gasteiger partial charge is 0.493 e. The van der Waals surface area contributed by atoms with Crippen LogP contribution in [0, 0.1) is 18.6 Å². The fraction of sp³-hybridized carbons (Fsp3) is 0.300. The molecule has 0 spiro atoms. The van der Waals surface area contributed by atoms with Crippen molar-refractivity contribution < 1.29 is 18.3 Å². The lowest BCUT2D eigenvalue weighted by Crippen LogP contribution is -2.36. The second-order valence-electron chi connectivity index (χ2n) is 7.23. The SMILES string of the molecule is COc1c(F)cc(F)cc1Cn1cc(CNc2cc3c(c(C)n2)NC(=O)CN3C)nn1. The van der Waals surface area contributed by atoms with Crippen LogP contribution in [0.2, 0.25) is 0 Å². The minimum Gasteiger partial charge on any atom is -0.493 e. The molecule has 162 valence electrons. The minimum atomic E-state index is -0.769. The van der Waals surface area contributed by atoms with E-state index in [4.69, 9.17) is 4.74 Å². The molecule has 1 aromatic carbocycles. The Kier molecular flexibility index (Phi) is 5.40. The summed E-state index contributed by atoms with van der Waals surface area (Å²) < 4.78 is 34.0. The number of fused-ring (bicyclic) bond motifs is 1. The van der Waals surface area contributed by atoms with Gasteiger partial charge in [0.2, 0.25) is 5.91 Å². The number of rotatable bonds is 6. The number of nitrogens with zero attached hydrogens (tertiary/aromatic N) is 5. The number of halogens is 2. The molecule has 2 N–H and O–H groups in total. The summed E-state index contributed by atoms with van der Waals surface area (Å²) in [6, 6.07) is 3.83. The second-order valence-corrected chi connectivity index (χ2v) is 7.23. The van der Waals surface area contributed by atoms with Crippen molar-refractivity contribution in [3.8, 4) is 5.75 Å². The van der Waals surface area contributed by atoms with E-state index in [1.165, 1.54) is 17.9 Å². The zero-order valence-electron chi connectivity index (χ0n) is 17.2. The van der Waals surface area contributed by atoms with Gasteiger partial charge in [-0.15, -0.1) is 5.10 Å². The van der Waals surface area contributed by atoms with Gasteiger partial charge in [-0.25, -0.2) is 18.4 Å². The molecule has 31 heavy (non-hydrogen) atoms. The van der Waals surface area contributed by atoms with Crippen molar-refractivity contribution in [3.63, 3.8) is 0 Å². The molecule has 3 aromatic rings. The third-order valence-electron chi connectivity index (χ3n) is 4.89. The van der Waals surface area contributed by atoms with Crippen LogP contribution in [0.4, 0.5) is 26.0 Å². The predicted molar refractivity (Wildman–Crippen MR) is 110 cm³/mol. The summed E-state index contributed by atoms with van der Waals surface area (Å²) >= 11 is 0. The maximum Gasteiger partial charge on any atom is 0.243 e. The molecule has 3 heterocycles. The van der Waals surface area contributed by atoms with Gasteiger partial charge in [-0.3, -0.25) is 4.79 Å². The van der Waals surface area contributed by atoms with E-state index in [9.17, 15) is 13.6 Å². The van der Waals surface area contributed by atoms with Crippen LogP contribution in [0.15, 0.2) is 24.4 Å². The molecule has 0 saturated carbocycles. The summed E-state index contributed by atoms with van der Waals surface area (Å²) in [5.41, 5.74) is 3.21. The van der Waals surface area contributed by atoms with Crippen molar-refractivity contribution in [2.75, 3.05) is 36.2 Å². The lowest BCUT2D eigenvalue weighted by atomic mass is 10.2. The Labute approximate surface area is 177 Å². The van der Waals surface area contributed by atoms with Crippen molar-refractivity contribution in [2.45, 2.75) is 20.0 Å². The van der Waals surface area contributed by atoms with Crippen molar-refractivity contribution in [3.05, 3.63) is 53.0 Å². The molecule has 11 heteroatoms. The van der Waals surface area contributed by atoms with Crippen LogP contribution >= 0.6 is 0 Å². The highest BCUT2D eigenvalue weighted by molar-refractivity contribution is 6.02. The van der Waals surface area contributed by atoms with Gasteiger partial charge in [-0.05, 0) is 13.0 Å². The standard InChI is InChI=1S/C20H21F2N7O2/c1-11-19-16(28(2)10-18(30)25-19)6-17(24-11)23-7-14-9-29(27-26-14)8-12-4-13(21)5-15(22)20(12)31-3/h4-6,9H,7-8,10H2,1-3H3,(H,23,24)(H,25,30). The number of hydrogen-bond donors (Lipinski definition) is 2. The number of ether oxygens (including phenoxy) is 1. The molecule has 9 nitrogen and oxygen atoms in total. The van der Waals surface area contributed by atoms with Gasteiger partial charge in [0.25, 0.3) is 0 Å². The summed E-state index contributed by atoms with van der Waals surface area (Å²) in [6.07, 6.45) is 1.67. The van der Waals surface area contributed by atoms with Crippen LogP contribution in [0.1, 0.15) is 17.0 Å². The maximum atomic E-state index is 13.9. The molecule has 0 aliphatic carbocycles. The third kappa shape index (κ3) is 4.25. The molecular weight excluding hydrogens is 408 g/mol. The van der Waals surface area contributed by atoms with Crippen molar-refractivity contribution in [1.29, 1.82) is 0 Å². The lowest BCUT2D eigenvalue weighted by Gasteiger charge is -2.28. The molecule has 0 saturated heterocycles. The van der Waals surface area contributed by atoms with E-state index in [0.29, 0.717) is 35.0 Å². The Morgan fingerprint density at radius 3 is 2.87 bits per heavy atom. The Balaban J connectivity index is 1.47. The van der Waals surface area contributed by atoms with Gasteiger partial charge in [-0.1, -0.05) is 5.21 Å². The molecule has 0 unspecified atom stereocenters. The number of nitrogens with one attached hydrogen (secondary N) is 2. The normalized spacial score (nSPS) is 13.1. The number of carbonyl (C=O) groups excluding carboxylic acids is 1. The predicted octanol–water partition coefficient (Wildman–Crippen LogP) is 2.32. The van der Waals surface area contributed by atoms with Crippen LogP contribution in [0.3, 0.4) is 0 Å². The molecule has 2 aromatic heterocycles. The summed E-state index contributed by atoms with van der Waals surface area (Å²) in [5.74, 6) is -0.934. The first-order chi connectivity index (χ1) is 14.8. The molecule has 1 aliphatic heterocycles. The molecule has 4 rings (SSSR count). The Bertz CT molecular complexity index is 1150. The molecule has 0 radical (unpaired) electrons. The number of benzene rings is 1. The summed E-state index contributed by atoms with van der Waals surface area (Å²) in [6.45, 7) is 2.54. The summed E-state index contributed by atoms with van der Waals surface area (Å²) in [7, 11) is 3.17. The number of amides is 1. The highest BCUT2D eigenvalue weighted by atomic mass is 19.1. The summed E-state index contributed by atoms with van der Waals surface area (Å²) in [5, 5.41) is 14.1. The maximum absolute atomic E-state index is 13.9. The number of aryl methyl sites for hydroxylation is 1. The molecule has 1 aliphatic rings. The van der Waals surface area contributed by atoms with E-state index in [2.05, 4.69) is 25.9 Å². The number of carbonyl (C=O) groups is 1. The molecule has 1 amide bonds.